The lowest BCUT2D eigenvalue weighted by Crippen LogP contribution is -2.32. The molecule has 0 amide bonds. The molecule has 2 heterocycles. The highest BCUT2D eigenvalue weighted by Crippen LogP contribution is 2.51. The molecule has 4 rings (SSSR count). The first-order valence-electron chi connectivity index (χ1n) is 8.61. The summed E-state index contributed by atoms with van der Waals surface area (Å²) in [7, 11) is -3.44. The first kappa shape index (κ1) is 16.8. The summed E-state index contributed by atoms with van der Waals surface area (Å²) in [5, 5.41) is 1.21. The number of thiophene rings is 1. The van der Waals surface area contributed by atoms with E-state index in [1.807, 2.05) is 25.1 Å². The molecule has 1 aromatic carbocycles. The molecule has 1 fully saturated rings. The fourth-order valence-electron chi connectivity index (χ4n) is 3.62. The number of sulfonamides is 1. The van der Waals surface area contributed by atoms with Gasteiger partial charge in [0.15, 0.2) is 0 Å². The number of aromatic nitrogens is 1. The molecule has 0 aliphatic heterocycles. The minimum Gasteiger partial charge on any atom is -0.358 e. The van der Waals surface area contributed by atoms with E-state index in [9.17, 15) is 8.42 Å². The third-order valence-electron chi connectivity index (χ3n) is 5.13. The van der Waals surface area contributed by atoms with Gasteiger partial charge in [-0.15, -0.1) is 11.3 Å². The molecule has 25 heavy (non-hydrogen) atoms. The van der Waals surface area contributed by atoms with Crippen LogP contribution in [0.15, 0.2) is 40.6 Å². The Morgan fingerprint density at radius 3 is 2.64 bits per heavy atom. The average Bonchev–Trinajstić information content (AvgIpc) is 3.06. The van der Waals surface area contributed by atoms with Gasteiger partial charge in [-0.1, -0.05) is 25.1 Å². The lowest BCUT2D eigenvalue weighted by atomic mass is 9.93. The van der Waals surface area contributed by atoms with Crippen LogP contribution in [-0.4, -0.2) is 19.9 Å². The molecule has 132 valence electrons. The highest BCUT2D eigenvalue weighted by molar-refractivity contribution is 7.91. The number of fused-ring (bicyclic) bond motifs is 1. The minimum absolute atomic E-state index is 0.0817. The fraction of sp³-hybridized carbons (Fsp3) is 0.368. The van der Waals surface area contributed by atoms with Crippen molar-refractivity contribution in [3.8, 4) is 0 Å². The molecule has 3 aromatic rings. The number of rotatable bonds is 6. The molecule has 2 N–H and O–H groups in total. The van der Waals surface area contributed by atoms with E-state index in [4.69, 9.17) is 0 Å². The van der Waals surface area contributed by atoms with E-state index in [0.717, 1.165) is 35.4 Å². The predicted molar refractivity (Wildman–Crippen MR) is 103 cm³/mol. The first-order valence-corrected chi connectivity index (χ1v) is 10.9. The second-order valence-corrected chi connectivity index (χ2v) is 10.0. The van der Waals surface area contributed by atoms with Gasteiger partial charge in [0.2, 0.25) is 10.0 Å². The summed E-state index contributed by atoms with van der Waals surface area (Å²) in [6, 6.07) is 11.9. The lowest BCUT2D eigenvalue weighted by molar-refractivity contribution is 0.569. The van der Waals surface area contributed by atoms with E-state index in [-0.39, 0.29) is 5.41 Å². The van der Waals surface area contributed by atoms with Crippen LogP contribution < -0.4 is 4.72 Å². The van der Waals surface area contributed by atoms with E-state index < -0.39 is 10.0 Å². The minimum atomic E-state index is -3.44. The molecule has 0 unspecified atom stereocenters. The Morgan fingerprint density at radius 1 is 1.20 bits per heavy atom. The normalized spacial score (nSPS) is 16.4. The molecule has 6 heteroatoms. The largest absolute Gasteiger partial charge is 0.358 e. The summed E-state index contributed by atoms with van der Waals surface area (Å²) in [5.74, 6) is 0. The van der Waals surface area contributed by atoms with Gasteiger partial charge >= 0.3 is 0 Å². The molecule has 0 radical (unpaired) electrons. The van der Waals surface area contributed by atoms with Crippen LogP contribution in [0.2, 0.25) is 0 Å². The summed E-state index contributed by atoms with van der Waals surface area (Å²) >= 11 is 1.36. The highest BCUT2D eigenvalue weighted by atomic mass is 32.2. The van der Waals surface area contributed by atoms with Gasteiger partial charge in [-0.25, -0.2) is 13.1 Å². The van der Waals surface area contributed by atoms with E-state index >= 15 is 0 Å². The highest BCUT2D eigenvalue weighted by Gasteiger charge is 2.47. The van der Waals surface area contributed by atoms with Crippen LogP contribution in [0.3, 0.4) is 0 Å². The monoisotopic (exact) mass is 374 g/mol. The molecule has 2 aromatic heterocycles. The zero-order valence-electron chi connectivity index (χ0n) is 14.4. The van der Waals surface area contributed by atoms with Gasteiger partial charge in [-0.2, -0.15) is 0 Å². The van der Waals surface area contributed by atoms with E-state index in [1.165, 1.54) is 22.3 Å². The Labute approximate surface area is 152 Å². The summed E-state index contributed by atoms with van der Waals surface area (Å²) < 4.78 is 28.6. The molecule has 0 spiro atoms. The summed E-state index contributed by atoms with van der Waals surface area (Å²) in [4.78, 5) is 4.53. The Balaban J connectivity index is 1.61. The average molecular weight is 375 g/mol. The van der Waals surface area contributed by atoms with Crippen molar-refractivity contribution >= 4 is 32.3 Å². The van der Waals surface area contributed by atoms with Crippen molar-refractivity contribution in [3.05, 3.63) is 52.5 Å². The molecule has 0 atom stereocenters. The molecule has 4 nitrogen and oxygen atoms in total. The Bertz CT molecular complexity index is 1030. The number of H-pyrrole nitrogens is 1. The maximum Gasteiger partial charge on any atom is 0.250 e. The molecule has 1 saturated carbocycles. The van der Waals surface area contributed by atoms with Crippen LogP contribution in [-0.2, 0) is 21.9 Å². The van der Waals surface area contributed by atoms with E-state index in [2.05, 4.69) is 28.8 Å². The van der Waals surface area contributed by atoms with Crippen LogP contribution in [0, 0.1) is 6.92 Å². The van der Waals surface area contributed by atoms with Gasteiger partial charge in [-0.3, -0.25) is 0 Å². The summed E-state index contributed by atoms with van der Waals surface area (Å²) in [5.41, 5.74) is 3.45. The van der Waals surface area contributed by atoms with Gasteiger partial charge in [0.1, 0.15) is 4.21 Å². The van der Waals surface area contributed by atoms with Gasteiger partial charge < -0.3 is 4.98 Å². The van der Waals surface area contributed by atoms with Crippen molar-refractivity contribution in [3.63, 3.8) is 0 Å². The number of aromatic amines is 1. The second kappa shape index (κ2) is 5.97. The van der Waals surface area contributed by atoms with Crippen LogP contribution >= 0.6 is 11.3 Å². The smallest absolute Gasteiger partial charge is 0.250 e. The van der Waals surface area contributed by atoms with Crippen LogP contribution in [0.25, 0.3) is 10.9 Å². The Kier molecular flexibility index (Phi) is 4.02. The Morgan fingerprint density at radius 2 is 1.96 bits per heavy atom. The topological polar surface area (TPSA) is 62.0 Å². The number of aryl methyl sites for hydroxylation is 2. The molecule has 1 aliphatic carbocycles. The number of benzene rings is 1. The second-order valence-electron chi connectivity index (χ2n) is 6.85. The van der Waals surface area contributed by atoms with Gasteiger partial charge in [0.05, 0.1) is 0 Å². The third kappa shape index (κ3) is 2.92. The molecular weight excluding hydrogens is 352 g/mol. The first-order chi connectivity index (χ1) is 12.0. The standard InChI is InChI=1S/C19H22N2O2S2/c1-3-14-8-9-17(24-14)25(22,23)20-12-19(10-11-19)18-13(2)21-16-7-5-4-6-15(16)18/h4-9,20-21H,3,10-12H2,1-2H3. The zero-order chi connectivity index (χ0) is 17.7. The van der Waals surface area contributed by atoms with Gasteiger partial charge in [-0.05, 0) is 49.9 Å². The van der Waals surface area contributed by atoms with Gasteiger partial charge in [0, 0.05) is 33.4 Å². The predicted octanol–water partition coefficient (Wildman–Crippen LogP) is 4.11. The van der Waals surface area contributed by atoms with E-state index in [1.54, 1.807) is 6.07 Å². The fourth-order valence-corrected chi connectivity index (χ4v) is 6.09. The maximum absolute atomic E-state index is 12.6. The van der Waals surface area contributed by atoms with Crippen molar-refractivity contribution in [2.45, 2.75) is 42.7 Å². The van der Waals surface area contributed by atoms with E-state index in [0.29, 0.717) is 10.8 Å². The third-order valence-corrected chi connectivity index (χ3v) is 8.25. The summed E-state index contributed by atoms with van der Waals surface area (Å²) in [6.07, 6.45) is 2.89. The zero-order valence-corrected chi connectivity index (χ0v) is 16.1. The number of para-hydroxylation sites is 1. The van der Waals surface area contributed by atoms with Crippen molar-refractivity contribution < 1.29 is 8.42 Å². The number of hydrogen-bond acceptors (Lipinski definition) is 3. The van der Waals surface area contributed by atoms with Crippen LogP contribution in [0.5, 0.6) is 0 Å². The van der Waals surface area contributed by atoms with Gasteiger partial charge in [0.25, 0.3) is 0 Å². The van der Waals surface area contributed by atoms with Crippen molar-refractivity contribution in [2.24, 2.45) is 0 Å². The van der Waals surface area contributed by atoms with Crippen molar-refractivity contribution in [2.75, 3.05) is 6.54 Å². The molecule has 0 saturated heterocycles. The molecular formula is C19H22N2O2S2. The maximum atomic E-state index is 12.6. The quantitative estimate of drug-likeness (QED) is 0.682. The van der Waals surface area contributed by atoms with Crippen molar-refractivity contribution in [1.82, 2.24) is 9.71 Å². The molecule has 1 aliphatic rings. The van der Waals surface area contributed by atoms with Crippen LogP contribution in [0.4, 0.5) is 0 Å². The lowest BCUT2D eigenvalue weighted by Gasteiger charge is -2.17. The molecule has 0 bridgehead atoms. The van der Waals surface area contributed by atoms with Crippen molar-refractivity contribution in [1.29, 1.82) is 0 Å². The Hall–Kier alpha value is -1.63. The summed E-state index contributed by atoms with van der Waals surface area (Å²) in [6.45, 7) is 4.57. The SMILES string of the molecule is CCc1ccc(S(=O)(=O)NCC2(c3c(C)[nH]c4ccccc34)CC2)s1. The number of nitrogens with one attached hydrogen (secondary N) is 2. The van der Waals surface area contributed by atoms with Crippen LogP contribution in [0.1, 0.15) is 35.9 Å². The number of hydrogen-bond donors (Lipinski definition) is 2.